The molecule has 9 heavy (non-hydrogen) atoms. The minimum Gasteiger partial charge on any atom is -0.399 e. The first-order chi connectivity index (χ1) is 3.79. The van der Waals surface area contributed by atoms with Crippen molar-refractivity contribution in [3.8, 4) is 0 Å². The largest absolute Gasteiger partial charge is 0.399 e. The summed E-state index contributed by atoms with van der Waals surface area (Å²) in [6, 6.07) is 7.36. The maximum Gasteiger partial charge on any atom is 0.0314 e. The average molecular weight is 233 g/mol. The summed E-state index contributed by atoms with van der Waals surface area (Å²) >= 11 is 4.08. The van der Waals surface area contributed by atoms with E-state index in [-0.39, 0.29) is 22.4 Å². The van der Waals surface area contributed by atoms with Crippen LogP contribution < -0.4 is 5.73 Å². The normalized spacial score (nSPS) is 8.11. The van der Waals surface area contributed by atoms with Gasteiger partial charge in [0, 0.05) is 33.0 Å². The third-order valence-electron chi connectivity index (χ3n) is 0.893. The Balaban J connectivity index is 0.000000640. The molecule has 0 aliphatic carbocycles. The van der Waals surface area contributed by atoms with Crippen LogP contribution in [0.4, 0.5) is 5.69 Å². The number of anilines is 1. The molecule has 0 aliphatic heterocycles. The molecule has 0 heterocycles. The first kappa shape index (κ1) is 9.11. The van der Waals surface area contributed by atoms with Crippen molar-refractivity contribution in [1.82, 2.24) is 0 Å². The molecule has 3 heteroatoms. The van der Waals surface area contributed by atoms with Gasteiger partial charge in [0.1, 0.15) is 0 Å². The second-order valence-corrected chi connectivity index (χ2v) is 2.11. The van der Waals surface area contributed by atoms with Crippen LogP contribution in [0.3, 0.4) is 0 Å². The Hall–Kier alpha value is 0.110. The molecule has 0 bridgehead atoms. The van der Waals surface area contributed by atoms with Crippen molar-refractivity contribution < 1.29 is 22.4 Å². The number of rotatable bonds is 0. The van der Waals surface area contributed by atoms with Gasteiger partial charge in [-0.1, -0.05) is 0 Å². The van der Waals surface area contributed by atoms with Gasteiger partial charge in [0.2, 0.25) is 0 Å². The molecule has 0 aliphatic rings. The zero-order valence-corrected chi connectivity index (χ0v) is 7.01. The Kier molecular flexibility index (Phi) is 4.06. The molecule has 1 nitrogen and oxygen atoms in total. The fourth-order valence-electron chi connectivity index (χ4n) is 0.474. The number of hydrogen-bond acceptors (Lipinski definition) is 2. The molecule has 1 rings (SSSR count). The number of benzene rings is 1. The van der Waals surface area contributed by atoms with Gasteiger partial charge in [-0.25, -0.2) is 0 Å². The summed E-state index contributed by atoms with van der Waals surface area (Å²) in [7, 11) is 0. The van der Waals surface area contributed by atoms with Gasteiger partial charge < -0.3 is 5.73 Å². The first-order valence-electron chi connectivity index (χ1n) is 2.33. The van der Waals surface area contributed by atoms with Crippen molar-refractivity contribution in [2.45, 2.75) is 4.90 Å². The predicted octanol–water partition coefficient (Wildman–Crippen LogP) is 1.55. The van der Waals surface area contributed by atoms with Gasteiger partial charge in [-0.3, -0.25) is 0 Å². The van der Waals surface area contributed by atoms with Gasteiger partial charge in [-0.2, -0.15) is 0 Å². The molecule has 0 atom stereocenters. The van der Waals surface area contributed by atoms with Crippen molar-refractivity contribution in [2.75, 3.05) is 5.73 Å². The Bertz CT molecular complexity index is 152. The van der Waals surface area contributed by atoms with E-state index in [1.807, 2.05) is 24.3 Å². The van der Waals surface area contributed by atoms with Gasteiger partial charge in [-0.05, 0) is 24.3 Å². The van der Waals surface area contributed by atoms with Crippen molar-refractivity contribution in [3.05, 3.63) is 24.3 Å². The summed E-state index contributed by atoms with van der Waals surface area (Å²) in [6.07, 6.45) is 0. The van der Waals surface area contributed by atoms with Crippen LogP contribution >= 0.6 is 12.6 Å². The minimum atomic E-state index is 0. The van der Waals surface area contributed by atoms with E-state index in [1.165, 1.54) is 0 Å². The van der Waals surface area contributed by atoms with Gasteiger partial charge >= 0.3 is 0 Å². The zero-order chi connectivity index (χ0) is 5.98. The molecule has 0 unspecified atom stereocenters. The molecular formula is C6H7AgNS. The molecule has 0 aromatic heterocycles. The standard InChI is InChI=1S/C6H7NS.Ag/c7-5-1-3-6(8)4-2-5;/h1-4,8H,7H2;. The number of nitrogen functional groups attached to an aromatic ring is 1. The van der Waals surface area contributed by atoms with Crippen LogP contribution in [-0.2, 0) is 22.4 Å². The van der Waals surface area contributed by atoms with Crippen LogP contribution in [0.25, 0.3) is 0 Å². The van der Waals surface area contributed by atoms with Crippen LogP contribution in [0.1, 0.15) is 0 Å². The smallest absolute Gasteiger partial charge is 0.0314 e. The molecule has 1 radical (unpaired) electrons. The molecular weight excluding hydrogens is 226 g/mol. The van der Waals surface area contributed by atoms with Crippen molar-refractivity contribution in [1.29, 1.82) is 0 Å². The van der Waals surface area contributed by atoms with Crippen LogP contribution in [-0.4, -0.2) is 0 Å². The van der Waals surface area contributed by atoms with E-state index in [1.54, 1.807) is 0 Å². The van der Waals surface area contributed by atoms with E-state index in [4.69, 9.17) is 5.73 Å². The maximum absolute atomic E-state index is 5.39. The summed E-state index contributed by atoms with van der Waals surface area (Å²) < 4.78 is 0. The molecule has 0 amide bonds. The summed E-state index contributed by atoms with van der Waals surface area (Å²) in [5, 5.41) is 0. The van der Waals surface area contributed by atoms with E-state index in [9.17, 15) is 0 Å². The maximum atomic E-state index is 5.39. The molecule has 0 saturated carbocycles. The van der Waals surface area contributed by atoms with Crippen LogP contribution in [0.2, 0.25) is 0 Å². The fraction of sp³-hybridized carbons (Fsp3) is 0. The van der Waals surface area contributed by atoms with Crippen molar-refractivity contribution in [3.63, 3.8) is 0 Å². The molecule has 0 spiro atoms. The van der Waals surface area contributed by atoms with Gasteiger partial charge in [0.25, 0.3) is 0 Å². The Morgan fingerprint density at radius 3 is 1.89 bits per heavy atom. The Labute approximate surface area is 75.6 Å². The summed E-state index contributed by atoms with van der Waals surface area (Å²) in [6.45, 7) is 0. The molecule has 1 aromatic carbocycles. The quantitative estimate of drug-likeness (QED) is 0.397. The molecule has 1 aromatic rings. The Morgan fingerprint density at radius 2 is 1.56 bits per heavy atom. The van der Waals surface area contributed by atoms with Gasteiger partial charge in [0.15, 0.2) is 0 Å². The monoisotopic (exact) mass is 232 g/mol. The second kappa shape index (κ2) is 4.01. The average Bonchev–Trinajstić information content (AvgIpc) is 1.77. The minimum absolute atomic E-state index is 0. The summed E-state index contributed by atoms with van der Waals surface area (Å²) in [4.78, 5) is 0.944. The van der Waals surface area contributed by atoms with E-state index >= 15 is 0 Å². The van der Waals surface area contributed by atoms with E-state index in [0.717, 1.165) is 10.6 Å². The first-order valence-corrected chi connectivity index (χ1v) is 2.78. The van der Waals surface area contributed by atoms with Crippen LogP contribution in [0.5, 0.6) is 0 Å². The SMILES string of the molecule is Nc1ccc(S)cc1.[Ag]. The number of hydrogen-bond donors (Lipinski definition) is 2. The molecule has 2 N–H and O–H groups in total. The van der Waals surface area contributed by atoms with Crippen molar-refractivity contribution in [2.24, 2.45) is 0 Å². The predicted molar refractivity (Wildman–Crippen MR) is 38.1 cm³/mol. The van der Waals surface area contributed by atoms with Crippen LogP contribution in [0, 0.1) is 0 Å². The van der Waals surface area contributed by atoms with Gasteiger partial charge in [-0.15, -0.1) is 12.6 Å². The zero-order valence-electron chi connectivity index (χ0n) is 4.64. The second-order valence-electron chi connectivity index (χ2n) is 1.59. The summed E-state index contributed by atoms with van der Waals surface area (Å²) in [5.74, 6) is 0. The third-order valence-corrected chi connectivity index (χ3v) is 1.19. The Morgan fingerprint density at radius 1 is 1.11 bits per heavy atom. The van der Waals surface area contributed by atoms with Crippen molar-refractivity contribution >= 4 is 18.3 Å². The molecule has 53 valence electrons. The topological polar surface area (TPSA) is 26.0 Å². The van der Waals surface area contributed by atoms with E-state index in [2.05, 4.69) is 12.6 Å². The molecule has 0 saturated heterocycles. The number of thiol groups is 1. The third kappa shape index (κ3) is 2.96. The van der Waals surface area contributed by atoms with E-state index in [0.29, 0.717) is 0 Å². The fourth-order valence-corrected chi connectivity index (χ4v) is 0.623. The van der Waals surface area contributed by atoms with E-state index < -0.39 is 0 Å². The van der Waals surface area contributed by atoms with Crippen LogP contribution in [0.15, 0.2) is 29.2 Å². The number of nitrogens with two attached hydrogens (primary N) is 1. The van der Waals surface area contributed by atoms with Gasteiger partial charge in [0.05, 0.1) is 0 Å². The molecule has 0 fully saturated rings. The summed E-state index contributed by atoms with van der Waals surface area (Å²) in [5.41, 5.74) is 6.17.